The van der Waals surface area contributed by atoms with Crippen LogP contribution in [-0.4, -0.2) is 18.7 Å². The second-order valence-electron chi connectivity index (χ2n) is 4.18. The molecule has 0 aliphatic rings. The molecule has 1 heterocycles. The lowest BCUT2D eigenvalue weighted by atomic mass is 10.1. The average molecular weight is 326 g/mol. The Morgan fingerprint density at radius 3 is 2.83 bits per heavy atom. The Morgan fingerprint density at radius 2 is 2.17 bits per heavy atom. The average Bonchev–Trinajstić information content (AvgIpc) is 2.88. The van der Waals surface area contributed by atoms with E-state index >= 15 is 0 Å². The number of thiophene rings is 1. The van der Waals surface area contributed by atoms with Crippen molar-refractivity contribution in [3.8, 4) is 0 Å². The standard InChI is InChI=1S/C14H16BrNOS/c1-16(7-6-13-3-2-8-18-13)14-5-4-12(15)9-11(14)10-17/h2-5,8-9,17H,6-7,10H2,1H3. The molecule has 2 nitrogen and oxygen atoms in total. The van der Waals surface area contributed by atoms with Gasteiger partial charge in [-0.15, -0.1) is 11.3 Å². The molecule has 0 amide bonds. The smallest absolute Gasteiger partial charge is 0.0702 e. The summed E-state index contributed by atoms with van der Waals surface area (Å²) in [6.07, 6.45) is 1.04. The molecule has 0 saturated heterocycles. The topological polar surface area (TPSA) is 23.5 Å². The molecule has 0 bridgehead atoms. The van der Waals surface area contributed by atoms with Gasteiger partial charge in [-0.3, -0.25) is 0 Å². The molecule has 2 aromatic rings. The van der Waals surface area contributed by atoms with Gasteiger partial charge in [-0.25, -0.2) is 0 Å². The molecule has 0 saturated carbocycles. The number of likely N-dealkylation sites (N-methyl/N-ethyl adjacent to an activating group) is 1. The van der Waals surface area contributed by atoms with Crippen LogP contribution >= 0.6 is 27.3 Å². The molecule has 0 aliphatic carbocycles. The molecule has 0 atom stereocenters. The minimum Gasteiger partial charge on any atom is -0.392 e. The SMILES string of the molecule is CN(CCc1cccs1)c1ccc(Br)cc1CO. The molecule has 18 heavy (non-hydrogen) atoms. The van der Waals surface area contributed by atoms with Gasteiger partial charge >= 0.3 is 0 Å². The van der Waals surface area contributed by atoms with Gasteiger partial charge in [0.1, 0.15) is 0 Å². The summed E-state index contributed by atoms with van der Waals surface area (Å²) < 4.78 is 1.00. The van der Waals surface area contributed by atoms with Crippen LogP contribution in [0.4, 0.5) is 5.69 Å². The Bertz CT molecular complexity index is 499. The van der Waals surface area contributed by atoms with Crippen LogP contribution in [0.3, 0.4) is 0 Å². The number of rotatable bonds is 5. The van der Waals surface area contributed by atoms with Crippen molar-refractivity contribution < 1.29 is 5.11 Å². The van der Waals surface area contributed by atoms with Crippen molar-refractivity contribution in [1.29, 1.82) is 0 Å². The van der Waals surface area contributed by atoms with Crippen molar-refractivity contribution in [2.75, 3.05) is 18.5 Å². The van der Waals surface area contributed by atoms with Crippen LogP contribution in [0.2, 0.25) is 0 Å². The minimum atomic E-state index is 0.0676. The first-order valence-corrected chi connectivity index (χ1v) is 7.51. The summed E-state index contributed by atoms with van der Waals surface area (Å²) in [5.41, 5.74) is 2.05. The monoisotopic (exact) mass is 325 g/mol. The lowest BCUT2D eigenvalue weighted by Gasteiger charge is -2.22. The van der Waals surface area contributed by atoms with Crippen LogP contribution < -0.4 is 4.90 Å². The van der Waals surface area contributed by atoms with Gasteiger partial charge < -0.3 is 10.0 Å². The zero-order valence-corrected chi connectivity index (χ0v) is 12.7. The summed E-state index contributed by atoms with van der Waals surface area (Å²) in [6.45, 7) is 1.02. The zero-order chi connectivity index (χ0) is 13.0. The highest BCUT2D eigenvalue weighted by Gasteiger charge is 2.07. The van der Waals surface area contributed by atoms with Gasteiger partial charge in [0.2, 0.25) is 0 Å². The van der Waals surface area contributed by atoms with Crippen molar-refractivity contribution >= 4 is 33.0 Å². The molecule has 1 N–H and O–H groups in total. The van der Waals surface area contributed by atoms with E-state index in [2.05, 4.69) is 45.4 Å². The largest absolute Gasteiger partial charge is 0.392 e. The second-order valence-corrected chi connectivity index (χ2v) is 6.13. The fourth-order valence-electron chi connectivity index (χ4n) is 1.91. The number of aliphatic hydroxyl groups excluding tert-OH is 1. The van der Waals surface area contributed by atoms with Gasteiger partial charge in [-0.05, 0) is 36.1 Å². The van der Waals surface area contributed by atoms with Gasteiger partial charge in [0.25, 0.3) is 0 Å². The van der Waals surface area contributed by atoms with E-state index in [1.165, 1.54) is 4.88 Å². The third-order valence-electron chi connectivity index (χ3n) is 2.90. The van der Waals surface area contributed by atoms with E-state index in [0.29, 0.717) is 0 Å². The highest BCUT2D eigenvalue weighted by atomic mass is 79.9. The van der Waals surface area contributed by atoms with Crippen LogP contribution in [0, 0.1) is 0 Å². The van der Waals surface area contributed by atoms with E-state index < -0.39 is 0 Å². The third kappa shape index (κ3) is 3.34. The van der Waals surface area contributed by atoms with Crippen LogP contribution in [0.15, 0.2) is 40.2 Å². The van der Waals surface area contributed by atoms with Crippen LogP contribution in [-0.2, 0) is 13.0 Å². The van der Waals surface area contributed by atoms with Gasteiger partial charge in [-0.2, -0.15) is 0 Å². The molecule has 96 valence electrons. The number of nitrogens with zero attached hydrogens (tertiary/aromatic N) is 1. The Hall–Kier alpha value is -0.840. The molecular weight excluding hydrogens is 310 g/mol. The van der Waals surface area contributed by atoms with Crippen molar-refractivity contribution in [2.45, 2.75) is 13.0 Å². The third-order valence-corrected chi connectivity index (χ3v) is 4.33. The van der Waals surface area contributed by atoms with Crippen LogP contribution in [0.5, 0.6) is 0 Å². The summed E-state index contributed by atoms with van der Waals surface area (Å²) in [7, 11) is 2.07. The molecule has 0 aliphatic heterocycles. The predicted molar refractivity (Wildman–Crippen MR) is 81.4 cm³/mol. The Labute approximate surface area is 120 Å². The first kappa shape index (κ1) is 13.6. The summed E-state index contributed by atoms with van der Waals surface area (Å²) in [4.78, 5) is 3.59. The lowest BCUT2D eigenvalue weighted by Crippen LogP contribution is -2.21. The molecule has 2 rings (SSSR count). The summed E-state index contributed by atoms with van der Waals surface area (Å²) in [5.74, 6) is 0. The molecule has 0 fully saturated rings. The molecule has 0 spiro atoms. The van der Waals surface area contributed by atoms with Gasteiger partial charge in [-0.1, -0.05) is 22.0 Å². The fraction of sp³-hybridized carbons (Fsp3) is 0.286. The van der Waals surface area contributed by atoms with Gasteiger partial charge in [0, 0.05) is 34.2 Å². The van der Waals surface area contributed by atoms with Crippen LogP contribution in [0.1, 0.15) is 10.4 Å². The molecule has 0 radical (unpaired) electrons. The van der Waals surface area contributed by atoms with E-state index in [1.807, 2.05) is 18.2 Å². The number of hydrogen-bond donors (Lipinski definition) is 1. The normalized spacial score (nSPS) is 10.6. The van der Waals surface area contributed by atoms with E-state index in [-0.39, 0.29) is 6.61 Å². The van der Waals surface area contributed by atoms with E-state index in [9.17, 15) is 5.11 Å². The maximum Gasteiger partial charge on any atom is 0.0702 e. The van der Waals surface area contributed by atoms with Crippen molar-refractivity contribution in [2.24, 2.45) is 0 Å². The molecule has 1 aromatic carbocycles. The number of benzene rings is 1. The van der Waals surface area contributed by atoms with Gasteiger partial charge in [0.15, 0.2) is 0 Å². The first-order valence-electron chi connectivity index (χ1n) is 5.83. The summed E-state index contributed by atoms with van der Waals surface area (Å²) in [5, 5.41) is 11.5. The summed E-state index contributed by atoms with van der Waals surface area (Å²) >= 11 is 5.22. The Morgan fingerprint density at radius 1 is 1.33 bits per heavy atom. The maximum absolute atomic E-state index is 9.40. The predicted octanol–water partition coefficient (Wildman–Crippen LogP) is 3.68. The molecule has 0 unspecified atom stereocenters. The molecular formula is C14H16BrNOS. The number of halogens is 1. The number of hydrogen-bond acceptors (Lipinski definition) is 3. The molecule has 4 heteroatoms. The maximum atomic E-state index is 9.40. The highest BCUT2D eigenvalue weighted by Crippen LogP contribution is 2.24. The first-order chi connectivity index (χ1) is 8.70. The number of aliphatic hydroxyl groups is 1. The van der Waals surface area contributed by atoms with Crippen LogP contribution in [0.25, 0.3) is 0 Å². The van der Waals surface area contributed by atoms with Crippen molar-refractivity contribution in [1.82, 2.24) is 0 Å². The minimum absolute atomic E-state index is 0.0676. The van der Waals surface area contributed by atoms with E-state index in [4.69, 9.17) is 0 Å². The van der Waals surface area contributed by atoms with Crippen molar-refractivity contribution in [3.05, 3.63) is 50.6 Å². The van der Waals surface area contributed by atoms with E-state index in [0.717, 1.165) is 28.7 Å². The Kier molecular flexibility index (Phi) is 4.80. The van der Waals surface area contributed by atoms with Gasteiger partial charge in [0.05, 0.1) is 6.61 Å². The zero-order valence-electron chi connectivity index (χ0n) is 10.3. The van der Waals surface area contributed by atoms with Crippen molar-refractivity contribution in [3.63, 3.8) is 0 Å². The number of anilines is 1. The van der Waals surface area contributed by atoms with E-state index in [1.54, 1.807) is 11.3 Å². The Balaban J connectivity index is 2.06. The fourth-order valence-corrected chi connectivity index (χ4v) is 3.01. The quantitative estimate of drug-likeness (QED) is 0.906. The lowest BCUT2D eigenvalue weighted by molar-refractivity contribution is 0.282. The summed E-state index contributed by atoms with van der Waals surface area (Å²) in [6, 6.07) is 10.3. The molecule has 1 aromatic heterocycles. The highest BCUT2D eigenvalue weighted by molar-refractivity contribution is 9.10. The second kappa shape index (κ2) is 6.36.